The lowest BCUT2D eigenvalue weighted by atomic mass is 10.1. The van der Waals surface area contributed by atoms with Crippen molar-refractivity contribution in [2.75, 3.05) is 27.4 Å². The predicted molar refractivity (Wildman–Crippen MR) is 142 cm³/mol. The van der Waals surface area contributed by atoms with Crippen molar-refractivity contribution in [3.63, 3.8) is 0 Å². The van der Waals surface area contributed by atoms with E-state index in [9.17, 15) is 0 Å². The average molecular weight is 493 g/mol. The molecule has 0 saturated carbocycles. The van der Waals surface area contributed by atoms with Crippen LogP contribution in [-0.2, 0) is 9.47 Å². The van der Waals surface area contributed by atoms with Crippen LogP contribution in [-0.4, -0.2) is 33.7 Å². The van der Waals surface area contributed by atoms with Crippen LogP contribution in [0.25, 0.3) is 20.5 Å². The number of rotatable bonds is 12. The number of fused-ring (bicyclic) bond motifs is 1. The summed E-state index contributed by atoms with van der Waals surface area (Å²) in [4.78, 5) is 1.09. The zero-order valence-corrected chi connectivity index (χ0v) is 21.5. The maximum Gasteiger partial charge on any atom is 0.191 e. The molecule has 6 heteroatoms. The van der Waals surface area contributed by atoms with Crippen LogP contribution in [0.3, 0.4) is 0 Å². The van der Waals surface area contributed by atoms with Crippen LogP contribution < -0.4 is 14.2 Å². The molecule has 0 aliphatic heterocycles. The van der Waals surface area contributed by atoms with Crippen LogP contribution in [0, 0.1) is 6.92 Å². The molecule has 0 amide bonds. The largest absolute Gasteiger partial charge is 0.494 e. The SMILES string of the molecule is CCCCOc1ccc2c(Oc3ccc(OCC(OC)OC)cc3)c(-c3ccc(C)cc3)sc2c1. The van der Waals surface area contributed by atoms with E-state index in [2.05, 4.69) is 50.2 Å². The van der Waals surface area contributed by atoms with E-state index in [0.29, 0.717) is 6.61 Å². The number of ether oxygens (including phenoxy) is 5. The lowest BCUT2D eigenvalue weighted by Crippen LogP contribution is -2.21. The summed E-state index contributed by atoms with van der Waals surface area (Å²) in [6, 6.07) is 22.4. The van der Waals surface area contributed by atoms with Gasteiger partial charge in [0.25, 0.3) is 0 Å². The quantitative estimate of drug-likeness (QED) is 0.149. The molecule has 0 N–H and O–H groups in total. The van der Waals surface area contributed by atoms with Gasteiger partial charge in [0.1, 0.15) is 23.9 Å². The minimum absolute atomic E-state index is 0.308. The smallest absolute Gasteiger partial charge is 0.191 e. The van der Waals surface area contributed by atoms with Crippen molar-refractivity contribution in [3.05, 3.63) is 72.3 Å². The Balaban J connectivity index is 1.61. The highest BCUT2D eigenvalue weighted by Crippen LogP contribution is 2.47. The fourth-order valence-electron chi connectivity index (χ4n) is 3.59. The molecule has 0 bridgehead atoms. The Kier molecular flexibility index (Phi) is 8.64. The van der Waals surface area contributed by atoms with Crippen LogP contribution in [0.4, 0.5) is 0 Å². The normalized spacial score (nSPS) is 11.2. The fraction of sp³-hybridized carbons (Fsp3) is 0.310. The first kappa shape index (κ1) is 25.0. The van der Waals surface area contributed by atoms with E-state index in [1.54, 1.807) is 25.6 Å². The van der Waals surface area contributed by atoms with E-state index in [-0.39, 0.29) is 0 Å². The molecule has 184 valence electrons. The van der Waals surface area contributed by atoms with Crippen molar-refractivity contribution in [3.8, 4) is 33.4 Å². The molecule has 0 saturated heterocycles. The second-order valence-electron chi connectivity index (χ2n) is 8.27. The van der Waals surface area contributed by atoms with E-state index in [1.807, 2.05) is 30.3 Å². The topological polar surface area (TPSA) is 46.2 Å². The van der Waals surface area contributed by atoms with Gasteiger partial charge in [-0.15, -0.1) is 11.3 Å². The molecule has 4 rings (SSSR count). The van der Waals surface area contributed by atoms with Crippen molar-refractivity contribution in [2.24, 2.45) is 0 Å². The predicted octanol–water partition coefficient (Wildman–Crippen LogP) is 7.85. The van der Waals surface area contributed by atoms with Crippen molar-refractivity contribution < 1.29 is 23.7 Å². The summed E-state index contributed by atoms with van der Waals surface area (Å²) in [7, 11) is 3.18. The summed E-state index contributed by atoms with van der Waals surface area (Å²) >= 11 is 1.72. The summed E-state index contributed by atoms with van der Waals surface area (Å²) in [6.07, 6.45) is 1.75. The number of aryl methyl sites for hydroxylation is 1. The second kappa shape index (κ2) is 12.1. The number of thiophene rings is 1. The number of benzene rings is 3. The van der Waals surface area contributed by atoms with Gasteiger partial charge in [0, 0.05) is 24.3 Å². The molecule has 4 aromatic rings. The molecule has 1 aromatic heterocycles. The summed E-state index contributed by atoms with van der Waals surface area (Å²) in [5.74, 6) is 3.20. The number of methoxy groups -OCH3 is 2. The number of hydrogen-bond donors (Lipinski definition) is 0. The monoisotopic (exact) mass is 492 g/mol. The molecule has 0 atom stereocenters. The standard InChI is InChI=1S/C29H32O5S/c1-5-6-17-32-24-15-16-25-26(18-24)35-29(21-9-7-20(2)8-10-21)28(25)34-23-13-11-22(12-14-23)33-19-27(30-3)31-4/h7-16,18,27H,5-6,17,19H2,1-4H3. The van der Waals surface area contributed by atoms with E-state index >= 15 is 0 Å². The minimum Gasteiger partial charge on any atom is -0.494 e. The molecular formula is C29H32O5S. The molecule has 35 heavy (non-hydrogen) atoms. The first-order valence-corrected chi connectivity index (χ1v) is 12.7. The molecule has 5 nitrogen and oxygen atoms in total. The summed E-state index contributed by atoms with van der Waals surface area (Å²) < 4.78 is 29.7. The number of unbranched alkanes of at least 4 members (excludes halogenated alkanes) is 1. The zero-order valence-electron chi connectivity index (χ0n) is 20.7. The maximum absolute atomic E-state index is 6.47. The van der Waals surface area contributed by atoms with Gasteiger partial charge in [-0.3, -0.25) is 0 Å². The molecule has 0 radical (unpaired) electrons. The van der Waals surface area contributed by atoms with Crippen LogP contribution >= 0.6 is 11.3 Å². The third-order valence-corrected chi connectivity index (χ3v) is 6.83. The second-order valence-corrected chi connectivity index (χ2v) is 9.32. The highest BCUT2D eigenvalue weighted by atomic mass is 32.1. The van der Waals surface area contributed by atoms with Crippen molar-refractivity contribution in [2.45, 2.75) is 33.0 Å². The Morgan fingerprint density at radius 3 is 2.17 bits per heavy atom. The van der Waals surface area contributed by atoms with Gasteiger partial charge < -0.3 is 23.7 Å². The Hall–Kier alpha value is -3.06. The van der Waals surface area contributed by atoms with Crippen molar-refractivity contribution in [1.29, 1.82) is 0 Å². The van der Waals surface area contributed by atoms with E-state index in [4.69, 9.17) is 23.7 Å². The fourth-order valence-corrected chi connectivity index (χ4v) is 4.76. The minimum atomic E-state index is -0.406. The Morgan fingerprint density at radius 2 is 1.49 bits per heavy atom. The maximum atomic E-state index is 6.47. The average Bonchev–Trinajstić information content (AvgIpc) is 3.23. The van der Waals surface area contributed by atoms with Crippen LogP contribution in [0.1, 0.15) is 25.3 Å². The summed E-state index contributed by atoms with van der Waals surface area (Å²) in [5, 5.41) is 1.07. The van der Waals surface area contributed by atoms with E-state index in [1.165, 1.54) is 5.56 Å². The third-order valence-electron chi connectivity index (χ3n) is 5.65. The third kappa shape index (κ3) is 6.34. The van der Waals surface area contributed by atoms with Gasteiger partial charge in [0.05, 0.1) is 11.5 Å². The number of hydrogen-bond acceptors (Lipinski definition) is 6. The van der Waals surface area contributed by atoms with E-state index < -0.39 is 6.29 Å². The lowest BCUT2D eigenvalue weighted by Gasteiger charge is -2.14. The van der Waals surface area contributed by atoms with Crippen LogP contribution in [0.2, 0.25) is 0 Å². The van der Waals surface area contributed by atoms with Gasteiger partial charge in [0.15, 0.2) is 12.0 Å². The molecule has 1 heterocycles. The van der Waals surface area contributed by atoms with Crippen LogP contribution in [0.15, 0.2) is 66.7 Å². The molecule has 0 aliphatic carbocycles. The van der Waals surface area contributed by atoms with Gasteiger partial charge in [0.2, 0.25) is 0 Å². The van der Waals surface area contributed by atoms with Gasteiger partial charge >= 0.3 is 0 Å². The molecular weight excluding hydrogens is 460 g/mol. The summed E-state index contributed by atoms with van der Waals surface area (Å²) in [6.45, 7) is 5.29. The van der Waals surface area contributed by atoms with Crippen LogP contribution in [0.5, 0.6) is 23.0 Å². The highest BCUT2D eigenvalue weighted by Gasteiger charge is 2.17. The van der Waals surface area contributed by atoms with Crippen molar-refractivity contribution >= 4 is 21.4 Å². The molecule has 0 unspecified atom stereocenters. The first-order valence-electron chi connectivity index (χ1n) is 11.8. The van der Waals surface area contributed by atoms with Gasteiger partial charge in [-0.25, -0.2) is 0 Å². The first-order chi connectivity index (χ1) is 17.1. The van der Waals surface area contributed by atoms with Crippen molar-refractivity contribution in [1.82, 2.24) is 0 Å². The lowest BCUT2D eigenvalue weighted by molar-refractivity contribution is -0.121. The Bertz CT molecular complexity index is 1210. The summed E-state index contributed by atoms with van der Waals surface area (Å²) in [5.41, 5.74) is 2.36. The molecule has 0 fully saturated rings. The zero-order chi connectivity index (χ0) is 24.6. The molecule has 0 aliphatic rings. The van der Waals surface area contributed by atoms with E-state index in [0.717, 1.165) is 63.0 Å². The van der Waals surface area contributed by atoms with Gasteiger partial charge in [-0.2, -0.15) is 0 Å². The molecule has 0 spiro atoms. The highest BCUT2D eigenvalue weighted by molar-refractivity contribution is 7.22. The Morgan fingerprint density at radius 1 is 0.800 bits per heavy atom. The van der Waals surface area contributed by atoms with Gasteiger partial charge in [-0.05, 0) is 61.4 Å². The van der Waals surface area contributed by atoms with Gasteiger partial charge in [-0.1, -0.05) is 43.2 Å². The molecule has 3 aromatic carbocycles. The Labute approximate surface area is 211 Å².